The number of rotatable bonds is 4. The number of nitrogens with one attached hydrogen (secondary N) is 1. The molecule has 0 saturated heterocycles. The van der Waals surface area contributed by atoms with E-state index in [1.807, 2.05) is 0 Å². The summed E-state index contributed by atoms with van der Waals surface area (Å²) in [5.41, 5.74) is 5.38. The van der Waals surface area contributed by atoms with Gasteiger partial charge < -0.3 is 11.1 Å². The number of carbonyl (C=O) groups excluding carboxylic acids is 1. The van der Waals surface area contributed by atoms with E-state index in [0.29, 0.717) is 13.1 Å². The van der Waals surface area contributed by atoms with E-state index < -0.39 is 0 Å². The van der Waals surface area contributed by atoms with Crippen LogP contribution in [0.5, 0.6) is 0 Å². The molecule has 88 valence electrons. The molecular formula is C10H18BrClN2O. The summed E-state index contributed by atoms with van der Waals surface area (Å²) in [6.07, 6.45) is 4.06. The summed E-state index contributed by atoms with van der Waals surface area (Å²) >= 11 is 3.21. The molecule has 0 aliphatic heterocycles. The monoisotopic (exact) mass is 296 g/mol. The lowest BCUT2D eigenvalue weighted by Crippen LogP contribution is -2.44. The van der Waals surface area contributed by atoms with Gasteiger partial charge in [-0.3, -0.25) is 4.79 Å². The van der Waals surface area contributed by atoms with Gasteiger partial charge in [0.05, 0.1) is 5.41 Å². The molecule has 0 aromatic carbocycles. The van der Waals surface area contributed by atoms with Gasteiger partial charge in [0, 0.05) is 17.6 Å². The van der Waals surface area contributed by atoms with E-state index in [1.165, 1.54) is 0 Å². The van der Waals surface area contributed by atoms with Crippen molar-refractivity contribution in [1.82, 2.24) is 5.32 Å². The van der Waals surface area contributed by atoms with Gasteiger partial charge in [-0.15, -0.1) is 12.4 Å². The first-order valence-electron chi connectivity index (χ1n) is 4.92. The highest BCUT2D eigenvalue weighted by molar-refractivity contribution is 9.11. The van der Waals surface area contributed by atoms with Crippen molar-refractivity contribution in [2.75, 3.05) is 13.1 Å². The van der Waals surface area contributed by atoms with E-state index in [4.69, 9.17) is 5.73 Å². The smallest absolute Gasteiger partial charge is 0.227 e. The molecule has 5 heteroatoms. The Labute approximate surface area is 105 Å². The summed E-state index contributed by atoms with van der Waals surface area (Å²) in [6, 6.07) is 0. The first-order valence-corrected chi connectivity index (χ1v) is 5.72. The maximum absolute atomic E-state index is 11.8. The van der Waals surface area contributed by atoms with Crippen LogP contribution in [0.3, 0.4) is 0 Å². The van der Waals surface area contributed by atoms with Crippen molar-refractivity contribution in [2.24, 2.45) is 11.1 Å². The molecule has 1 saturated carbocycles. The maximum Gasteiger partial charge on any atom is 0.227 e. The molecule has 1 aliphatic rings. The molecule has 0 spiro atoms. The summed E-state index contributed by atoms with van der Waals surface area (Å²) in [5.74, 6) is 0.0816. The lowest BCUT2D eigenvalue weighted by Gasteiger charge is -2.25. The number of amides is 1. The quantitative estimate of drug-likeness (QED) is 0.833. The van der Waals surface area contributed by atoms with Crippen molar-refractivity contribution in [3.63, 3.8) is 0 Å². The van der Waals surface area contributed by atoms with Crippen LogP contribution in [0.25, 0.3) is 0 Å². The molecule has 3 nitrogen and oxygen atoms in total. The van der Waals surface area contributed by atoms with Crippen LogP contribution in [0.15, 0.2) is 11.1 Å². The molecule has 1 aliphatic carbocycles. The Hall–Kier alpha value is -0.0600. The van der Waals surface area contributed by atoms with Crippen molar-refractivity contribution < 1.29 is 4.79 Å². The Morgan fingerprint density at radius 1 is 1.47 bits per heavy atom. The zero-order valence-corrected chi connectivity index (χ0v) is 11.1. The molecule has 0 aromatic rings. The average molecular weight is 298 g/mol. The third kappa shape index (κ3) is 3.78. The third-order valence-corrected chi connectivity index (χ3v) is 3.15. The van der Waals surface area contributed by atoms with Gasteiger partial charge >= 0.3 is 0 Å². The van der Waals surface area contributed by atoms with Crippen LogP contribution in [-0.2, 0) is 4.79 Å². The van der Waals surface area contributed by atoms with E-state index >= 15 is 0 Å². The highest BCUT2D eigenvalue weighted by atomic mass is 79.9. The van der Waals surface area contributed by atoms with Gasteiger partial charge in [-0.25, -0.2) is 0 Å². The molecule has 0 radical (unpaired) electrons. The van der Waals surface area contributed by atoms with Gasteiger partial charge in [0.15, 0.2) is 0 Å². The molecule has 15 heavy (non-hydrogen) atoms. The average Bonchev–Trinajstić information content (AvgIpc) is 2.63. The van der Waals surface area contributed by atoms with Crippen LogP contribution < -0.4 is 11.1 Å². The molecular weight excluding hydrogens is 279 g/mol. The van der Waals surface area contributed by atoms with Gasteiger partial charge in [0.2, 0.25) is 5.91 Å². The zero-order chi connectivity index (χ0) is 10.6. The van der Waals surface area contributed by atoms with Crippen LogP contribution >= 0.6 is 28.3 Å². The lowest BCUT2D eigenvalue weighted by molar-refractivity contribution is -0.130. The Morgan fingerprint density at radius 3 is 2.40 bits per heavy atom. The number of halogens is 2. The van der Waals surface area contributed by atoms with E-state index in [1.54, 1.807) is 0 Å². The fraction of sp³-hybridized carbons (Fsp3) is 0.700. The van der Waals surface area contributed by atoms with Gasteiger partial charge in [0.25, 0.3) is 0 Å². The van der Waals surface area contributed by atoms with Crippen LogP contribution in [0, 0.1) is 5.41 Å². The Balaban J connectivity index is 0.00000196. The normalized spacial score (nSPS) is 18.0. The summed E-state index contributed by atoms with van der Waals surface area (Å²) in [7, 11) is 0. The number of carbonyl (C=O) groups is 1. The molecule has 0 atom stereocenters. The number of hydrogen-bond donors (Lipinski definition) is 2. The van der Waals surface area contributed by atoms with Crippen LogP contribution in [0.4, 0.5) is 0 Å². The Kier molecular flexibility index (Phi) is 6.48. The molecule has 1 amide bonds. The van der Waals surface area contributed by atoms with Crippen molar-refractivity contribution in [2.45, 2.75) is 25.7 Å². The molecule has 3 N–H and O–H groups in total. The predicted molar refractivity (Wildman–Crippen MR) is 68.3 cm³/mol. The first-order chi connectivity index (χ1) is 6.60. The molecule has 0 heterocycles. The van der Waals surface area contributed by atoms with Gasteiger partial charge in [-0.2, -0.15) is 0 Å². The fourth-order valence-corrected chi connectivity index (χ4v) is 2.08. The third-order valence-electron chi connectivity index (χ3n) is 2.87. The second-order valence-electron chi connectivity index (χ2n) is 3.89. The van der Waals surface area contributed by atoms with Crippen molar-refractivity contribution in [3.05, 3.63) is 11.1 Å². The van der Waals surface area contributed by atoms with Crippen molar-refractivity contribution in [3.8, 4) is 0 Å². The SMILES string of the molecule is C=C(Br)CNC(=O)C1(CN)CCCC1.Cl. The maximum atomic E-state index is 11.8. The highest BCUT2D eigenvalue weighted by Gasteiger charge is 2.39. The van der Waals surface area contributed by atoms with Crippen molar-refractivity contribution >= 4 is 34.2 Å². The molecule has 0 bridgehead atoms. The lowest BCUT2D eigenvalue weighted by atomic mass is 9.85. The zero-order valence-electron chi connectivity index (χ0n) is 8.72. The molecule has 0 aromatic heterocycles. The highest BCUT2D eigenvalue weighted by Crippen LogP contribution is 2.37. The fourth-order valence-electron chi connectivity index (χ4n) is 1.94. The standard InChI is InChI=1S/C10H17BrN2O.ClH/c1-8(11)6-13-9(14)10(7-12)4-2-3-5-10;/h1-7,12H2,(H,13,14);1H. The van der Waals surface area contributed by atoms with Gasteiger partial charge in [0.1, 0.15) is 0 Å². The van der Waals surface area contributed by atoms with Gasteiger partial charge in [-0.1, -0.05) is 35.4 Å². The van der Waals surface area contributed by atoms with Gasteiger partial charge in [-0.05, 0) is 12.8 Å². The second-order valence-corrected chi connectivity index (χ2v) is 5.01. The van der Waals surface area contributed by atoms with Crippen molar-refractivity contribution in [1.29, 1.82) is 0 Å². The molecule has 1 fully saturated rings. The summed E-state index contributed by atoms with van der Waals surface area (Å²) in [4.78, 5) is 11.8. The van der Waals surface area contributed by atoms with E-state index in [0.717, 1.165) is 30.2 Å². The summed E-state index contributed by atoms with van der Waals surface area (Å²) in [5, 5.41) is 2.85. The molecule has 1 rings (SSSR count). The second kappa shape index (κ2) is 6.51. The van der Waals surface area contributed by atoms with Crippen LogP contribution in [0.2, 0.25) is 0 Å². The number of hydrogen-bond acceptors (Lipinski definition) is 2. The van der Waals surface area contributed by atoms with Crippen LogP contribution in [0.1, 0.15) is 25.7 Å². The molecule has 0 unspecified atom stereocenters. The minimum atomic E-state index is -0.303. The van der Waals surface area contributed by atoms with E-state index in [2.05, 4.69) is 27.8 Å². The first kappa shape index (κ1) is 14.9. The minimum absolute atomic E-state index is 0. The summed E-state index contributed by atoms with van der Waals surface area (Å²) in [6.45, 7) is 4.61. The minimum Gasteiger partial charge on any atom is -0.351 e. The predicted octanol–water partition coefficient (Wildman–Crippen LogP) is 1.95. The summed E-state index contributed by atoms with van der Waals surface area (Å²) < 4.78 is 0.788. The number of nitrogens with two attached hydrogens (primary N) is 1. The largest absolute Gasteiger partial charge is 0.351 e. The topological polar surface area (TPSA) is 55.1 Å². The Bertz CT molecular complexity index is 240. The van der Waals surface area contributed by atoms with E-state index in [-0.39, 0.29) is 23.7 Å². The van der Waals surface area contributed by atoms with Crippen LogP contribution in [-0.4, -0.2) is 19.0 Å². The Morgan fingerprint density at radius 2 is 2.00 bits per heavy atom. The van der Waals surface area contributed by atoms with E-state index in [9.17, 15) is 4.79 Å².